The molecule has 0 aliphatic carbocycles. The lowest BCUT2D eigenvalue weighted by Gasteiger charge is -2.27. The van der Waals surface area contributed by atoms with Crippen molar-refractivity contribution < 1.29 is 27.9 Å². The van der Waals surface area contributed by atoms with Crippen LogP contribution < -0.4 is 14.9 Å². The van der Waals surface area contributed by atoms with Crippen molar-refractivity contribution in [3.63, 3.8) is 0 Å². The molecule has 35 heavy (non-hydrogen) atoms. The van der Waals surface area contributed by atoms with Gasteiger partial charge < -0.3 is 20.2 Å². The first-order chi connectivity index (χ1) is 16.9. The molecule has 2 amide bonds. The second-order valence-corrected chi connectivity index (χ2v) is 8.79. The van der Waals surface area contributed by atoms with Gasteiger partial charge in [0.1, 0.15) is 17.2 Å². The van der Waals surface area contributed by atoms with Crippen molar-refractivity contribution >= 4 is 56.6 Å². The molecule has 2 atom stereocenters. The van der Waals surface area contributed by atoms with Crippen LogP contribution in [0.5, 0.6) is 0 Å². The van der Waals surface area contributed by atoms with Crippen LogP contribution in [-0.4, -0.2) is 38.5 Å². The van der Waals surface area contributed by atoms with E-state index in [1.54, 1.807) is 30.3 Å². The molecule has 0 radical (unpaired) electrons. The summed E-state index contributed by atoms with van der Waals surface area (Å²) in [7, 11) is 0. The maximum atomic E-state index is 12.2. The first-order valence-corrected chi connectivity index (χ1v) is 12.1. The maximum Gasteiger partial charge on any atom is 0.327 e. The zero-order chi connectivity index (χ0) is 24.8. The normalized spacial score (nSPS) is 12.8. The highest BCUT2D eigenvalue weighted by atomic mass is 32.2. The smallest absolute Gasteiger partial charge is 0.327 e. The molecule has 3 aromatic carbocycles. The molecule has 0 saturated carbocycles. The lowest BCUT2D eigenvalue weighted by molar-refractivity contribution is -0.138. The van der Waals surface area contributed by atoms with Crippen LogP contribution in [0.4, 0.5) is 16.2 Å². The average molecular weight is 496 g/mol. The molecular weight excluding hydrogens is 470 g/mol. The zero-order valence-electron chi connectivity index (χ0n) is 18.7. The van der Waals surface area contributed by atoms with Gasteiger partial charge in [-0.2, -0.15) is 0 Å². The van der Waals surface area contributed by atoms with E-state index in [4.69, 9.17) is 4.42 Å². The number of carbonyl (C=O) groups excluding carboxylic acids is 1. The quantitative estimate of drug-likeness (QED) is 0.181. The number of nitrogens with one attached hydrogen (secondary N) is 2. The minimum atomic E-state index is -2.56. The Hall–Kier alpha value is -3.89. The van der Waals surface area contributed by atoms with Gasteiger partial charge >= 0.3 is 12.0 Å². The predicted octanol–water partition coefficient (Wildman–Crippen LogP) is 4.97. The summed E-state index contributed by atoms with van der Waals surface area (Å²) in [5.74, 6) is -1.21. The van der Waals surface area contributed by atoms with Gasteiger partial charge in [-0.25, -0.2) is 13.8 Å². The second-order valence-electron chi connectivity index (χ2n) is 7.93. The standard InChI is InChI=1S/C25H25N3O6S/c29-24(30)21(11-6-7-15-26-25(31)27-17-8-2-1-3-9-17)28(35(32)33)18-13-14-23-20(16-18)19-10-4-5-12-22(19)34-23/h1-5,8-10,12-14,16,21H,6-7,11,15H2,(H,29,30)(H,32,33)(H2,26,27,31). The second kappa shape index (κ2) is 11.0. The average Bonchev–Trinajstić information content (AvgIpc) is 3.21. The molecule has 1 aromatic heterocycles. The van der Waals surface area contributed by atoms with Crippen LogP contribution >= 0.6 is 0 Å². The lowest BCUT2D eigenvalue weighted by Crippen LogP contribution is -2.42. The minimum absolute atomic E-state index is 0.119. The number of unbranched alkanes of at least 4 members (excludes halogenated alkanes) is 1. The summed E-state index contributed by atoms with van der Waals surface area (Å²) in [6.07, 6.45) is 1.05. The summed E-state index contributed by atoms with van der Waals surface area (Å²) < 4.78 is 29.0. The Bertz CT molecular complexity index is 1360. The van der Waals surface area contributed by atoms with Crippen LogP contribution in [0.15, 0.2) is 77.2 Å². The van der Waals surface area contributed by atoms with E-state index < -0.39 is 23.3 Å². The Kier molecular flexibility index (Phi) is 7.64. The van der Waals surface area contributed by atoms with Gasteiger partial charge in [0.05, 0.1) is 5.69 Å². The number of hydrogen-bond acceptors (Lipinski definition) is 4. The molecule has 9 nitrogen and oxygen atoms in total. The summed E-state index contributed by atoms with van der Waals surface area (Å²) in [5, 5.41) is 16.8. The third kappa shape index (κ3) is 5.79. The van der Waals surface area contributed by atoms with Crippen LogP contribution in [0.25, 0.3) is 21.9 Å². The Balaban J connectivity index is 1.41. The third-order valence-electron chi connectivity index (χ3n) is 5.57. The fourth-order valence-corrected chi connectivity index (χ4v) is 4.64. The zero-order valence-corrected chi connectivity index (χ0v) is 19.5. The number of rotatable bonds is 10. The molecule has 0 bridgehead atoms. The van der Waals surface area contributed by atoms with Crippen LogP contribution in [0, 0.1) is 0 Å². The van der Waals surface area contributed by atoms with Gasteiger partial charge in [0.25, 0.3) is 11.3 Å². The maximum absolute atomic E-state index is 12.2. The Morgan fingerprint density at radius 3 is 2.40 bits per heavy atom. The lowest BCUT2D eigenvalue weighted by atomic mass is 10.1. The molecule has 4 N–H and O–H groups in total. The van der Waals surface area contributed by atoms with Gasteiger partial charge in [-0.3, -0.25) is 8.86 Å². The number of hydrogen-bond donors (Lipinski definition) is 4. The van der Waals surface area contributed by atoms with Gasteiger partial charge in [-0.1, -0.05) is 36.4 Å². The van der Waals surface area contributed by atoms with Crippen LogP contribution in [0.1, 0.15) is 19.3 Å². The molecule has 1 heterocycles. The Morgan fingerprint density at radius 2 is 1.66 bits per heavy atom. The third-order valence-corrected chi connectivity index (χ3v) is 6.37. The number of carboxylic acids is 1. The minimum Gasteiger partial charge on any atom is -0.480 e. The summed E-state index contributed by atoms with van der Waals surface area (Å²) in [5.41, 5.74) is 2.25. The topological polar surface area (TPSA) is 132 Å². The van der Waals surface area contributed by atoms with Crippen molar-refractivity contribution in [1.82, 2.24) is 5.32 Å². The fourth-order valence-electron chi connectivity index (χ4n) is 3.93. The van der Waals surface area contributed by atoms with Crippen molar-refractivity contribution in [3.8, 4) is 0 Å². The number of amides is 2. The summed E-state index contributed by atoms with van der Waals surface area (Å²) in [4.78, 5) is 24.0. The number of para-hydroxylation sites is 2. The number of carboxylic acid groups (broad SMARTS) is 1. The van der Waals surface area contributed by atoms with Gasteiger partial charge in [-0.15, -0.1) is 0 Å². The van der Waals surface area contributed by atoms with Gasteiger partial charge in [0.2, 0.25) is 0 Å². The van der Waals surface area contributed by atoms with Crippen molar-refractivity contribution in [2.24, 2.45) is 0 Å². The number of urea groups is 1. The fraction of sp³-hybridized carbons (Fsp3) is 0.200. The predicted molar refractivity (Wildman–Crippen MR) is 136 cm³/mol. The number of anilines is 2. The number of fused-ring (bicyclic) bond motifs is 3. The van der Waals surface area contributed by atoms with E-state index in [0.29, 0.717) is 41.9 Å². The molecule has 2 unspecified atom stereocenters. The van der Waals surface area contributed by atoms with Crippen molar-refractivity contribution in [2.45, 2.75) is 25.3 Å². The van der Waals surface area contributed by atoms with Gasteiger partial charge in [0, 0.05) is 23.0 Å². The van der Waals surface area contributed by atoms with Gasteiger partial charge in [0.15, 0.2) is 0 Å². The van der Waals surface area contributed by atoms with Gasteiger partial charge in [-0.05, 0) is 55.7 Å². The molecule has 182 valence electrons. The molecule has 4 aromatic rings. The first kappa shape index (κ1) is 24.2. The van der Waals surface area contributed by atoms with E-state index in [1.165, 1.54) is 0 Å². The number of carbonyl (C=O) groups is 2. The highest BCUT2D eigenvalue weighted by molar-refractivity contribution is 7.80. The van der Waals surface area contributed by atoms with Crippen LogP contribution in [-0.2, 0) is 16.1 Å². The van der Waals surface area contributed by atoms with Crippen molar-refractivity contribution in [2.75, 3.05) is 16.2 Å². The molecule has 0 aliphatic heterocycles. The molecular formula is C25H25N3O6S. The molecule has 0 saturated heterocycles. The highest BCUT2D eigenvalue weighted by Crippen LogP contribution is 2.33. The highest BCUT2D eigenvalue weighted by Gasteiger charge is 2.30. The number of nitrogens with zero attached hydrogens (tertiary/aromatic N) is 1. The number of furan rings is 1. The molecule has 0 aliphatic rings. The summed E-state index contributed by atoms with van der Waals surface area (Å²) in [6.45, 7) is 0.334. The van der Waals surface area contributed by atoms with Crippen LogP contribution in [0.3, 0.4) is 0 Å². The molecule has 4 rings (SSSR count). The van der Waals surface area contributed by atoms with E-state index >= 15 is 0 Å². The van der Waals surface area contributed by atoms with E-state index in [0.717, 1.165) is 15.1 Å². The molecule has 10 heteroatoms. The SMILES string of the molecule is O=C(NCCCCC(C(=O)O)N(c1ccc2oc3ccccc3c2c1)S(=O)O)Nc1ccccc1. The van der Waals surface area contributed by atoms with E-state index in [-0.39, 0.29) is 12.5 Å². The van der Waals surface area contributed by atoms with Crippen molar-refractivity contribution in [1.29, 1.82) is 0 Å². The Morgan fingerprint density at radius 1 is 0.943 bits per heavy atom. The number of benzene rings is 3. The monoisotopic (exact) mass is 495 g/mol. The Labute approximate surface area is 204 Å². The van der Waals surface area contributed by atoms with E-state index in [2.05, 4.69) is 10.6 Å². The molecule has 0 fully saturated rings. The summed E-state index contributed by atoms with van der Waals surface area (Å²) in [6, 6.07) is 19.7. The number of aliphatic carboxylic acids is 1. The largest absolute Gasteiger partial charge is 0.480 e. The summed E-state index contributed by atoms with van der Waals surface area (Å²) >= 11 is -2.56. The van der Waals surface area contributed by atoms with Crippen molar-refractivity contribution in [3.05, 3.63) is 72.8 Å². The van der Waals surface area contributed by atoms with E-state index in [9.17, 15) is 23.5 Å². The van der Waals surface area contributed by atoms with Crippen LogP contribution in [0.2, 0.25) is 0 Å². The first-order valence-electron chi connectivity index (χ1n) is 11.1. The van der Waals surface area contributed by atoms with E-state index in [1.807, 2.05) is 42.5 Å². The molecule has 0 spiro atoms.